The highest BCUT2D eigenvalue weighted by Crippen LogP contribution is 2.32. The summed E-state index contributed by atoms with van der Waals surface area (Å²) in [7, 11) is 0. The Morgan fingerprint density at radius 3 is 2.57 bits per heavy atom. The summed E-state index contributed by atoms with van der Waals surface area (Å²) < 4.78 is 26.3. The van der Waals surface area contributed by atoms with Crippen LogP contribution in [0.1, 0.15) is 16.7 Å². The quantitative estimate of drug-likeness (QED) is 0.407. The van der Waals surface area contributed by atoms with Gasteiger partial charge in [-0.25, -0.2) is 4.79 Å². The number of carbonyl (C=O) groups excluding carboxylic acids is 1. The van der Waals surface area contributed by atoms with Crippen molar-refractivity contribution >= 4 is 6.08 Å². The molecule has 0 radical (unpaired) electrons. The van der Waals surface area contributed by atoms with E-state index in [1.807, 2.05) is 0 Å². The molecule has 0 spiro atoms. The van der Waals surface area contributed by atoms with Gasteiger partial charge in [-0.15, -0.1) is 4.99 Å². The van der Waals surface area contributed by atoms with Crippen LogP contribution in [0, 0.1) is 13.8 Å². The fourth-order valence-corrected chi connectivity index (χ4v) is 1.19. The van der Waals surface area contributed by atoms with E-state index in [0.29, 0.717) is 5.56 Å². The van der Waals surface area contributed by atoms with Crippen LogP contribution in [-0.4, -0.2) is 6.08 Å². The van der Waals surface area contributed by atoms with E-state index in [-0.39, 0.29) is 5.56 Å². The van der Waals surface area contributed by atoms with E-state index in [2.05, 4.69) is 4.99 Å². The van der Waals surface area contributed by atoms with Crippen molar-refractivity contribution in [3.8, 4) is 0 Å². The van der Waals surface area contributed by atoms with Crippen LogP contribution in [-0.2, 0) is 10.8 Å². The van der Waals surface area contributed by atoms with Crippen LogP contribution in [0.5, 0.6) is 0 Å². The first-order valence-corrected chi connectivity index (χ1v) is 4.02. The molecular formula is C10H9F2NO. The van der Waals surface area contributed by atoms with E-state index in [0.717, 1.165) is 11.6 Å². The smallest absolute Gasteiger partial charge is 0.211 e. The van der Waals surface area contributed by atoms with Crippen LogP contribution < -0.4 is 0 Å². The summed E-state index contributed by atoms with van der Waals surface area (Å²) in [5.74, 6) is 0. The van der Waals surface area contributed by atoms with Crippen LogP contribution >= 0.6 is 0 Å². The molecule has 0 unspecified atom stereocenters. The molecule has 0 fully saturated rings. The number of alkyl halides is 2. The molecular weight excluding hydrogens is 188 g/mol. The maximum atomic E-state index is 13.2. The summed E-state index contributed by atoms with van der Waals surface area (Å²) in [6.45, 7) is 3.29. The molecule has 2 nitrogen and oxygen atoms in total. The second-order valence-corrected chi connectivity index (χ2v) is 2.99. The third-order valence-corrected chi connectivity index (χ3v) is 2.11. The Bertz CT molecular complexity index is 395. The SMILES string of the molecule is Cc1cccc(C(F)(F)N=C=O)c1C. The Morgan fingerprint density at radius 1 is 1.36 bits per heavy atom. The van der Waals surface area contributed by atoms with Gasteiger partial charge in [-0.1, -0.05) is 18.2 Å². The van der Waals surface area contributed by atoms with Gasteiger partial charge in [-0.05, 0) is 25.0 Å². The second-order valence-electron chi connectivity index (χ2n) is 2.99. The first-order valence-electron chi connectivity index (χ1n) is 4.02. The number of hydrogen-bond donors (Lipinski definition) is 0. The Kier molecular flexibility index (Phi) is 2.77. The zero-order chi connectivity index (χ0) is 10.8. The van der Waals surface area contributed by atoms with Crippen LogP contribution in [0.4, 0.5) is 8.78 Å². The van der Waals surface area contributed by atoms with Gasteiger partial charge >= 0.3 is 6.05 Å². The van der Waals surface area contributed by atoms with E-state index >= 15 is 0 Å². The van der Waals surface area contributed by atoms with E-state index in [9.17, 15) is 13.6 Å². The lowest BCUT2D eigenvalue weighted by molar-refractivity contribution is 0.00548. The van der Waals surface area contributed by atoms with E-state index < -0.39 is 6.05 Å². The van der Waals surface area contributed by atoms with Crippen molar-refractivity contribution in [2.75, 3.05) is 0 Å². The van der Waals surface area contributed by atoms with Crippen LogP contribution in [0.2, 0.25) is 0 Å². The molecule has 0 atom stereocenters. The summed E-state index contributed by atoms with van der Waals surface area (Å²) in [6.07, 6.45) is 0.878. The number of aryl methyl sites for hydroxylation is 1. The summed E-state index contributed by atoms with van der Waals surface area (Å²) in [6, 6.07) is 1.01. The zero-order valence-electron chi connectivity index (χ0n) is 7.84. The first kappa shape index (κ1) is 10.5. The Labute approximate surface area is 80.3 Å². The molecule has 0 aliphatic rings. The van der Waals surface area contributed by atoms with Crippen molar-refractivity contribution in [1.82, 2.24) is 0 Å². The number of halogens is 2. The summed E-state index contributed by atoms with van der Waals surface area (Å²) in [4.78, 5) is 12.3. The van der Waals surface area contributed by atoms with Gasteiger partial charge in [0.1, 0.15) is 0 Å². The fraction of sp³-hybridized carbons (Fsp3) is 0.300. The number of nitrogens with zero attached hydrogens (tertiary/aromatic N) is 1. The van der Waals surface area contributed by atoms with E-state index in [1.54, 1.807) is 19.9 Å². The van der Waals surface area contributed by atoms with Gasteiger partial charge in [-0.3, -0.25) is 0 Å². The molecule has 0 N–H and O–H groups in total. The summed E-state index contributed by atoms with van der Waals surface area (Å²) in [5.41, 5.74) is 0.931. The molecule has 1 aromatic carbocycles. The minimum atomic E-state index is -3.47. The van der Waals surface area contributed by atoms with Crippen molar-refractivity contribution < 1.29 is 13.6 Å². The molecule has 0 amide bonds. The molecule has 0 bridgehead atoms. The lowest BCUT2D eigenvalue weighted by Crippen LogP contribution is -2.12. The highest BCUT2D eigenvalue weighted by molar-refractivity contribution is 5.40. The Hall–Kier alpha value is -1.54. The summed E-state index contributed by atoms with van der Waals surface area (Å²) >= 11 is 0. The minimum Gasteiger partial charge on any atom is -0.211 e. The highest BCUT2D eigenvalue weighted by atomic mass is 19.3. The molecule has 0 saturated heterocycles. The highest BCUT2D eigenvalue weighted by Gasteiger charge is 2.32. The topological polar surface area (TPSA) is 29.4 Å². The summed E-state index contributed by atoms with van der Waals surface area (Å²) in [5, 5.41) is 0. The van der Waals surface area contributed by atoms with Gasteiger partial charge in [0.15, 0.2) is 0 Å². The number of hydrogen-bond acceptors (Lipinski definition) is 2. The van der Waals surface area contributed by atoms with Gasteiger partial charge < -0.3 is 0 Å². The number of aliphatic imine (C=N–C) groups is 1. The molecule has 0 saturated carbocycles. The molecule has 74 valence electrons. The first-order chi connectivity index (χ1) is 6.49. The van der Waals surface area contributed by atoms with Crippen molar-refractivity contribution in [3.05, 3.63) is 34.9 Å². The Morgan fingerprint density at radius 2 is 2.00 bits per heavy atom. The number of rotatable bonds is 2. The zero-order valence-corrected chi connectivity index (χ0v) is 7.84. The van der Waals surface area contributed by atoms with Crippen molar-refractivity contribution in [3.63, 3.8) is 0 Å². The third-order valence-electron chi connectivity index (χ3n) is 2.11. The molecule has 1 rings (SSSR count). The third kappa shape index (κ3) is 1.86. The van der Waals surface area contributed by atoms with Crippen LogP contribution in [0.3, 0.4) is 0 Å². The molecule has 0 heterocycles. The fourth-order valence-electron chi connectivity index (χ4n) is 1.19. The average Bonchev–Trinajstić information content (AvgIpc) is 2.09. The molecule has 14 heavy (non-hydrogen) atoms. The van der Waals surface area contributed by atoms with Gasteiger partial charge in [0.05, 0.1) is 0 Å². The molecule has 0 aliphatic carbocycles. The van der Waals surface area contributed by atoms with Gasteiger partial charge in [0.25, 0.3) is 0 Å². The van der Waals surface area contributed by atoms with Crippen molar-refractivity contribution in [2.45, 2.75) is 19.9 Å². The van der Waals surface area contributed by atoms with Crippen LogP contribution in [0.25, 0.3) is 0 Å². The number of isocyanates is 1. The lowest BCUT2D eigenvalue weighted by Gasteiger charge is -2.13. The lowest BCUT2D eigenvalue weighted by atomic mass is 10.0. The average molecular weight is 197 g/mol. The maximum Gasteiger partial charge on any atom is 0.379 e. The molecule has 0 aromatic heterocycles. The predicted molar refractivity (Wildman–Crippen MR) is 47.9 cm³/mol. The van der Waals surface area contributed by atoms with Gasteiger partial charge in [-0.2, -0.15) is 8.78 Å². The standard InChI is InChI=1S/C10H9F2NO/c1-7-4-3-5-9(8(7)2)10(11,12)13-6-14/h3-5H,1-2H3. The number of benzene rings is 1. The normalized spacial score (nSPS) is 10.9. The van der Waals surface area contributed by atoms with Crippen LogP contribution in [0.15, 0.2) is 23.2 Å². The second kappa shape index (κ2) is 3.68. The van der Waals surface area contributed by atoms with E-state index in [1.165, 1.54) is 12.1 Å². The maximum absolute atomic E-state index is 13.2. The predicted octanol–water partition coefficient (Wildman–Crippen LogP) is 2.69. The van der Waals surface area contributed by atoms with E-state index in [4.69, 9.17) is 0 Å². The van der Waals surface area contributed by atoms with Crippen molar-refractivity contribution in [1.29, 1.82) is 0 Å². The van der Waals surface area contributed by atoms with Crippen molar-refractivity contribution in [2.24, 2.45) is 4.99 Å². The molecule has 1 aromatic rings. The monoisotopic (exact) mass is 197 g/mol. The molecule has 0 aliphatic heterocycles. The Balaban J connectivity index is 3.32. The van der Waals surface area contributed by atoms with Gasteiger partial charge in [0, 0.05) is 5.56 Å². The molecule has 4 heteroatoms. The largest absolute Gasteiger partial charge is 0.379 e. The minimum absolute atomic E-state index is 0.249. The van der Waals surface area contributed by atoms with Gasteiger partial charge in [0.2, 0.25) is 6.08 Å².